The van der Waals surface area contributed by atoms with Gasteiger partial charge in [-0.15, -0.1) is 0 Å². The summed E-state index contributed by atoms with van der Waals surface area (Å²) in [4.78, 5) is 23.2. The lowest BCUT2D eigenvalue weighted by molar-refractivity contribution is 0.0625. The predicted molar refractivity (Wildman–Crippen MR) is 68.4 cm³/mol. The molecule has 0 radical (unpaired) electrons. The monoisotopic (exact) mass is 245 g/mol. The van der Waals surface area contributed by atoms with Crippen molar-refractivity contribution >= 4 is 5.78 Å². The maximum Gasteiger partial charge on any atom is 0.186 e. The number of ketones is 1. The van der Waals surface area contributed by atoms with Crippen LogP contribution in [-0.2, 0) is 0 Å². The van der Waals surface area contributed by atoms with E-state index in [9.17, 15) is 4.79 Å². The van der Waals surface area contributed by atoms with Crippen molar-refractivity contribution < 1.29 is 4.79 Å². The van der Waals surface area contributed by atoms with Gasteiger partial charge in [0.25, 0.3) is 0 Å². The second-order valence-corrected chi connectivity index (χ2v) is 5.39. The first kappa shape index (κ1) is 11.8. The van der Waals surface area contributed by atoms with Gasteiger partial charge in [-0.05, 0) is 38.8 Å². The van der Waals surface area contributed by atoms with Crippen LogP contribution in [0.3, 0.4) is 0 Å². The molecule has 18 heavy (non-hydrogen) atoms. The summed E-state index contributed by atoms with van der Waals surface area (Å²) in [5, 5.41) is 0. The average Bonchev–Trinajstić information content (AvgIpc) is 3.10. The molecule has 0 aromatic carbocycles. The van der Waals surface area contributed by atoms with Crippen LogP contribution in [0.25, 0.3) is 0 Å². The first-order valence-electron chi connectivity index (χ1n) is 6.88. The first-order valence-corrected chi connectivity index (χ1v) is 6.88. The highest BCUT2D eigenvalue weighted by atomic mass is 16.1. The Balaban J connectivity index is 1.92. The molecule has 4 heteroatoms. The van der Waals surface area contributed by atoms with E-state index in [1.165, 1.54) is 19.2 Å². The van der Waals surface area contributed by atoms with Gasteiger partial charge in [0.1, 0.15) is 6.33 Å². The van der Waals surface area contributed by atoms with Crippen molar-refractivity contribution in [2.45, 2.75) is 44.1 Å². The smallest absolute Gasteiger partial charge is 0.186 e. The molecule has 0 amide bonds. The molecule has 0 unspecified atom stereocenters. The fourth-order valence-corrected chi connectivity index (χ4v) is 3.48. The zero-order chi connectivity index (χ0) is 12.4. The molecule has 1 saturated heterocycles. The molecule has 0 atom stereocenters. The zero-order valence-electron chi connectivity index (χ0n) is 10.6. The first-order chi connectivity index (χ1) is 8.83. The number of aromatic nitrogens is 2. The Labute approximate surface area is 107 Å². The molecule has 0 bridgehead atoms. The Hall–Kier alpha value is -1.29. The molecule has 0 N–H and O–H groups in total. The van der Waals surface area contributed by atoms with Crippen molar-refractivity contribution in [3.8, 4) is 0 Å². The molecule has 1 aromatic rings. The van der Waals surface area contributed by atoms with Crippen LogP contribution in [-0.4, -0.2) is 39.3 Å². The third-order valence-corrected chi connectivity index (χ3v) is 4.39. The van der Waals surface area contributed by atoms with Crippen molar-refractivity contribution in [1.82, 2.24) is 14.9 Å². The summed E-state index contributed by atoms with van der Waals surface area (Å²) in [6.45, 7) is 2.14. The second kappa shape index (κ2) is 4.76. The number of hydrogen-bond donors (Lipinski definition) is 0. The Morgan fingerprint density at radius 1 is 1.06 bits per heavy atom. The zero-order valence-corrected chi connectivity index (χ0v) is 10.6. The molecule has 1 aliphatic heterocycles. The molecule has 2 heterocycles. The van der Waals surface area contributed by atoms with Crippen molar-refractivity contribution in [2.24, 2.45) is 0 Å². The van der Waals surface area contributed by atoms with Crippen LogP contribution in [0.15, 0.2) is 18.7 Å². The highest BCUT2D eigenvalue weighted by Gasteiger charge is 2.46. The SMILES string of the molecule is O=C(c1cncnc1)C1(N2CCCC2)CCCC1. The van der Waals surface area contributed by atoms with E-state index in [0.717, 1.165) is 38.8 Å². The molecule has 2 fully saturated rings. The van der Waals surface area contributed by atoms with Gasteiger partial charge in [0.15, 0.2) is 5.78 Å². The van der Waals surface area contributed by atoms with Crippen molar-refractivity contribution in [1.29, 1.82) is 0 Å². The van der Waals surface area contributed by atoms with E-state index in [1.807, 2.05) is 0 Å². The molecular weight excluding hydrogens is 226 g/mol. The summed E-state index contributed by atoms with van der Waals surface area (Å²) >= 11 is 0. The Morgan fingerprint density at radius 2 is 1.67 bits per heavy atom. The summed E-state index contributed by atoms with van der Waals surface area (Å²) in [5.74, 6) is 0.238. The summed E-state index contributed by atoms with van der Waals surface area (Å²) in [6, 6.07) is 0. The van der Waals surface area contributed by atoms with Crippen LogP contribution in [0.4, 0.5) is 0 Å². The number of rotatable bonds is 3. The van der Waals surface area contributed by atoms with E-state index in [2.05, 4.69) is 14.9 Å². The minimum Gasteiger partial charge on any atom is -0.292 e. The summed E-state index contributed by atoms with van der Waals surface area (Å²) in [6.07, 6.45) is 11.6. The molecule has 96 valence electrons. The highest BCUT2D eigenvalue weighted by Crippen LogP contribution is 2.39. The molecule has 0 spiro atoms. The lowest BCUT2D eigenvalue weighted by Gasteiger charge is -2.37. The standard InChI is InChI=1S/C14H19N3O/c18-13(12-9-15-11-16-10-12)14(5-1-2-6-14)17-7-3-4-8-17/h9-11H,1-8H2. The molecule has 3 rings (SSSR count). The third-order valence-electron chi connectivity index (χ3n) is 4.39. The molecule has 1 aromatic heterocycles. The maximum atomic E-state index is 12.8. The maximum absolute atomic E-state index is 12.8. The van der Waals surface area contributed by atoms with Crippen LogP contribution in [0, 0.1) is 0 Å². The molecule has 2 aliphatic rings. The minimum atomic E-state index is -0.249. The quantitative estimate of drug-likeness (QED) is 0.765. The number of carbonyl (C=O) groups excluding carboxylic acids is 1. The van der Waals surface area contributed by atoms with Gasteiger partial charge in [-0.2, -0.15) is 0 Å². The number of likely N-dealkylation sites (tertiary alicyclic amines) is 1. The Morgan fingerprint density at radius 3 is 2.28 bits per heavy atom. The normalized spacial score (nSPS) is 23.3. The van der Waals surface area contributed by atoms with Gasteiger partial charge in [-0.1, -0.05) is 12.8 Å². The van der Waals surface area contributed by atoms with Gasteiger partial charge in [0, 0.05) is 12.4 Å². The topological polar surface area (TPSA) is 46.1 Å². The number of Topliss-reactive ketones (excluding diaryl/α,β-unsaturated/α-hetero) is 1. The second-order valence-electron chi connectivity index (χ2n) is 5.39. The van der Waals surface area contributed by atoms with Crippen LogP contribution in [0.1, 0.15) is 48.9 Å². The lowest BCUT2D eigenvalue weighted by atomic mass is 9.87. The van der Waals surface area contributed by atoms with Gasteiger partial charge in [-0.25, -0.2) is 9.97 Å². The Bertz CT molecular complexity index is 420. The van der Waals surface area contributed by atoms with Gasteiger partial charge in [0.05, 0.1) is 11.1 Å². The summed E-state index contributed by atoms with van der Waals surface area (Å²) in [5.41, 5.74) is 0.424. The number of carbonyl (C=O) groups is 1. The van der Waals surface area contributed by atoms with E-state index in [0.29, 0.717) is 5.56 Å². The van der Waals surface area contributed by atoms with Gasteiger partial charge in [0.2, 0.25) is 0 Å². The van der Waals surface area contributed by atoms with Gasteiger partial charge >= 0.3 is 0 Å². The van der Waals surface area contributed by atoms with E-state index in [-0.39, 0.29) is 11.3 Å². The summed E-state index contributed by atoms with van der Waals surface area (Å²) < 4.78 is 0. The predicted octanol–water partition coefficient (Wildman–Crippen LogP) is 2.07. The fraction of sp³-hybridized carbons (Fsp3) is 0.643. The number of nitrogens with zero attached hydrogens (tertiary/aromatic N) is 3. The third kappa shape index (κ3) is 1.85. The van der Waals surface area contributed by atoms with Crippen molar-refractivity contribution in [2.75, 3.05) is 13.1 Å². The fourth-order valence-electron chi connectivity index (χ4n) is 3.48. The van der Waals surface area contributed by atoms with Crippen LogP contribution in [0.2, 0.25) is 0 Å². The van der Waals surface area contributed by atoms with E-state index >= 15 is 0 Å². The van der Waals surface area contributed by atoms with Crippen molar-refractivity contribution in [3.63, 3.8) is 0 Å². The van der Waals surface area contributed by atoms with Crippen molar-refractivity contribution in [3.05, 3.63) is 24.3 Å². The molecule has 4 nitrogen and oxygen atoms in total. The van der Waals surface area contributed by atoms with Gasteiger partial charge < -0.3 is 0 Å². The minimum absolute atomic E-state index is 0.238. The number of hydrogen-bond acceptors (Lipinski definition) is 4. The molecule has 1 aliphatic carbocycles. The van der Waals surface area contributed by atoms with Crippen LogP contribution in [0.5, 0.6) is 0 Å². The van der Waals surface area contributed by atoms with E-state index in [1.54, 1.807) is 12.4 Å². The van der Waals surface area contributed by atoms with Crippen LogP contribution < -0.4 is 0 Å². The van der Waals surface area contributed by atoms with Crippen LogP contribution >= 0.6 is 0 Å². The van der Waals surface area contributed by atoms with E-state index < -0.39 is 0 Å². The molecular formula is C14H19N3O. The average molecular weight is 245 g/mol. The largest absolute Gasteiger partial charge is 0.292 e. The lowest BCUT2D eigenvalue weighted by Crippen LogP contribution is -2.51. The Kier molecular flexibility index (Phi) is 3.12. The molecule has 1 saturated carbocycles. The highest BCUT2D eigenvalue weighted by molar-refractivity contribution is 6.03. The van der Waals surface area contributed by atoms with Gasteiger partial charge in [-0.3, -0.25) is 9.69 Å². The summed E-state index contributed by atoms with van der Waals surface area (Å²) in [7, 11) is 0. The van der Waals surface area contributed by atoms with E-state index in [4.69, 9.17) is 0 Å².